The molecule has 1 fully saturated rings. The molecule has 2 aromatic carbocycles. The topological polar surface area (TPSA) is 180 Å². The highest BCUT2D eigenvalue weighted by atomic mass is 16.2. The molecule has 12 heteroatoms. The van der Waals surface area contributed by atoms with Gasteiger partial charge in [-0.05, 0) is 62.1 Å². The van der Waals surface area contributed by atoms with Gasteiger partial charge in [0.15, 0.2) is 0 Å². The van der Waals surface area contributed by atoms with Gasteiger partial charge in [-0.15, -0.1) is 0 Å². The van der Waals surface area contributed by atoms with Crippen LogP contribution in [0.1, 0.15) is 64.0 Å². The third-order valence-electron chi connectivity index (χ3n) is 9.65. The van der Waals surface area contributed by atoms with E-state index >= 15 is 0 Å². The molecule has 0 unspecified atom stereocenters. The smallest absolute Gasteiger partial charge is 0.249 e. The number of carbonyl (C=O) groups excluding carboxylic acids is 5. The van der Waals surface area contributed by atoms with E-state index in [-0.39, 0.29) is 29.6 Å². The summed E-state index contributed by atoms with van der Waals surface area (Å²) in [5.41, 5.74) is 13.6. The van der Waals surface area contributed by atoms with E-state index in [1.807, 2.05) is 80.6 Å². The maximum atomic E-state index is 13.9. The van der Waals surface area contributed by atoms with Gasteiger partial charge >= 0.3 is 0 Å². The quantitative estimate of drug-likeness (QED) is 0.157. The summed E-state index contributed by atoms with van der Waals surface area (Å²) in [4.78, 5) is 70.1. The molecule has 0 aromatic heterocycles. The Bertz CT molecular complexity index is 1510. The van der Waals surface area contributed by atoms with Crippen LogP contribution in [0.2, 0.25) is 0 Å². The Labute approximate surface area is 301 Å². The van der Waals surface area contributed by atoms with Crippen LogP contribution in [0.4, 0.5) is 0 Å². The lowest BCUT2D eigenvalue weighted by Crippen LogP contribution is -2.60. The molecule has 0 saturated carbocycles. The highest BCUT2D eigenvalue weighted by Crippen LogP contribution is 2.38. The Morgan fingerprint density at radius 2 is 1.35 bits per heavy atom. The number of unbranched alkanes of at least 4 members (excludes halogenated alkanes) is 1. The Hall–Kier alpha value is -4.55. The van der Waals surface area contributed by atoms with Gasteiger partial charge in [-0.2, -0.15) is 0 Å². The molecule has 1 spiro atoms. The van der Waals surface area contributed by atoms with E-state index in [9.17, 15) is 24.0 Å². The fourth-order valence-corrected chi connectivity index (χ4v) is 6.63. The molecule has 2 aromatic rings. The van der Waals surface area contributed by atoms with Gasteiger partial charge in [-0.25, -0.2) is 0 Å². The number of rotatable bonds is 17. The summed E-state index contributed by atoms with van der Waals surface area (Å²) >= 11 is 0. The summed E-state index contributed by atoms with van der Waals surface area (Å²) in [5, 5.41) is 8.68. The van der Waals surface area contributed by atoms with Gasteiger partial charge in [0.2, 0.25) is 29.5 Å². The zero-order valence-electron chi connectivity index (χ0n) is 30.2. The molecule has 4 atom stereocenters. The normalized spacial score (nSPS) is 17.2. The molecule has 2 aliphatic rings. The molecule has 0 bridgehead atoms. The third kappa shape index (κ3) is 11.5. The van der Waals surface area contributed by atoms with E-state index in [2.05, 4.69) is 16.0 Å². The van der Waals surface area contributed by atoms with Crippen LogP contribution < -0.4 is 27.4 Å². The van der Waals surface area contributed by atoms with Crippen LogP contribution in [0.25, 0.3) is 0 Å². The number of carbonyl (C=O) groups is 5. The largest absolute Gasteiger partial charge is 0.343 e. The Balaban J connectivity index is 1.47. The van der Waals surface area contributed by atoms with Crippen LogP contribution in [0, 0.1) is 11.3 Å². The van der Waals surface area contributed by atoms with Crippen molar-refractivity contribution in [1.82, 2.24) is 25.8 Å². The number of benzene rings is 2. The molecular weight excluding hydrogens is 646 g/mol. The summed E-state index contributed by atoms with van der Waals surface area (Å²) in [6, 6.07) is 15.1. The zero-order chi connectivity index (χ0) is 37.0. The predicted molar refractivity (Wildman–Crippen MR) is 197 cm³/mol. The lowest BCUT2D eigenvalue weighted by Gasteiger charge is -2.50. The molecule has 276 valence electrons. The lowest BCUT2D eigenvalue weighted by molar-refractivity contribution is -0.141. The number of nitrogens with one attached hydrogen (secondary N) is 3. The van der Waals surface area contributed by atoms with E-state index in [4.69, 9.17) is 11.5 Å². The SMILES string of the molecule is CC(=O)N1CC2(C=CN(C(=O)[C@@H](CCCCN)NC(=O)[C@@H](CC(C)C)NC(=O)[C@@H](Cc3ccccc3)NC(=O)[C@H](N)Cc3ccccc3)CC2)C1. The van der Waals surface area contributed by atoms with Crippen molar-refractivity contribution >= 4 is 29.5 Å². The number of hydrogen-bond donors (Lipinski definition) is 5. The maximum Gasteiger partial charge on any atom is 0.249 e. The summed E-state index contributed by atoms with van der Waals surface area (Å²) in [6.45, 7) is 7.67. The third-order valence-corrected chi connectivity index (χ3v) is 9.65. The van der Waals surface area contributed by atoms with Gasteiger partial charge in [0.1, 0.15) is 18.1 Å². The van der Waals surface area contributed by atoms with Crippen molar-refractivity contribution in [1.29, 1.82) is 0 Å². The van der Waals surface area contributed by atoms with Gasteiger partial charge in [0.05, 0.1) is 6.04 Å². The van der Waals surface area contributed by atoms with Crippen molar-refractivity contribution < 1.29 is 24.0 Å². The van der Waals surface area contributed by atoms with Crippen LogP contribution >= 0.6 is 0 Å². The fourth-order valence-electron chi connectivity index (χ4n) is 6.63. The fraction of sp³-hybridized carbons (Fsp3) is 0.513. The van der Waals surface area contributed by atoms with Gasteiger partial charge in [-0.3, -0.25) is 24.0 Å². The van der Waals surface area contributed by atoms with E-state index in [0.717, 1.165) is 17.5 Å². The van der Waals surface area contributed by atoms with E-state index < -0.39 is 41.9 Å². The highest BCUT2D eigenvalue weighted by molar-refractivity contribution is 5.95. The van der Waals surface area contributed by atoms with Crippen LogP contribution in [-0.4, -0.2) is 89.7 Å². The van der Waals surface area contributed by atoms with Crippen LogP contribution in [-0.2, 0) is 36.8 Å². The van der Waals surface area contributed by atoms with Gasteiger partial charge in [0, 0.05) is 44.6 Å². The number of likely N-dealkylation sites (tertiary alicyclic amines) is 1. The molecule has 5 amide bonds. The minimum Gasteiger partial charge on any atom is -0.343 e. The summed E-state index contributed by atoms with van der Waals surface area (Å²) < 4.78 is 0. The van der Waals surface area contributed by atoms with Crippen molar-refractivity contribution in [2.24, 2.45) is 22.8 Å². The minimum absolute atomic E-state index is 0.0344. The Kier molecular flexibility index (Phi) is 14.3. The van der Waals surface area contributed by atoms with Crippen molar-refractivity contribution in [3.8, 4) is 0 Å². The van der Waals surface area contributed by atoms with E-state index in [1.54, 1.807) is 22.9 Å². The number of amides is 5. The van der Waals surface area contributed by atoms with Crippen LogP contribution in [0.15, 0.2) is 72.9 Å². The maximum absolute atomic E-state index is 13.9. The Morgan fingerprint density at radius 1 is 0.784 bits per heavy atom. The molecule has 2 heterocycles. The van der Waals surface area contributed by atoms with E-state index in [1.165, 1.54) is 0 Å². The average Bonchev–Trinajstić information content (AvgIpc) is 3.09. The monoisotopic (exact) mass is 701 g/mol. The molecule has 7 N–H and O–H groups in total. The second kappa shape index (κ2) is 18.6. The second-order valence-corrected chi connectivity index (χ2v) is 14.4. The molecule has 51 heavy (non-hydrogen) atoms. The lowest BCUT2D eigenvalue weighted by atomic mass is 9.75. The van der Waals surface area contributed by atoms with E-state index in [0.29, 0.717) is 58.3 Å². The summed E-state index contributed by atoms with van der Waals surface area (Å²) in [7, 11) is 0. The predicted octanol–water partition coefficient (Wildman–Crippen LogP) is 2.02. The number of hydrogen-bond acceptors (Lipinski definition) is 7. The number of nitrogens with zero attached hydrogens (tertiary/aromatic N) is 2. The molecule has 2 aliphatic heterocycles. The van der Waals surface area contributed by atoms with Gasteiger partial charge in [-0.1, -0.05) is 80.6 Å². The van der Waals surface area contributed by atoms with Crippen molar-refractivity contribution in [3.05, 3.63) is 84.1 Å². The minimum atomic E-state index is -0.998. The average molecular weight is 702 g/mol. The summed E-state index contributed by atoms with van der Waals surface area (Å²) in [5.74, 6) is -1.62. The van der Waals surface area contributed by atoms with Gasteiger partial charge < -0.3 is 37.2 Å². The van der Waals surface area contributed by atoms with Gasteiger partial charge in [0.25, 0.3) is 0 Å². The van der Waals surface area contributed by atoms with Crippen molar-refractivity contribution in [2.75, 3.05) is 26.2 Å². The standard InChI is InChI=1S/C39H55N7O5/c1-27(2)22-33(36(49)42-32(16-10-11-19-40)38(51)45-20-17-39(18-21-45)25-46(26-39)28(3)47)44-37(50)34(24-30-14-8-5-9-15-30)43-35(48)31(41)23-29-12-6-4-7-13-29/h4-9,12-15,17,20,27,31-34H,10-11,16,18-19,21-26,40-41H2,1-3H3,(H,42,49)(H,43,48)(H,44,50)/t31-,32-,33-,34-/m1/s1. The first-order valence-corrected chi connectivity index (χ1v) is 18.1. The molecule has 12 nitrogen and oxygen atoms in total. The first-order valence-electron chi connectivity index (χ1n) is 18.1. The first-order chi connectivity index (χ1) is 24.4. The molecular formula is C39H55N7O5. The zero-order valence-corrected chi connectivity index (χ0v) is 30.2. The van der Waals surface area contributed by atoms with Crippen molar-refractivity contribution in [2.45, 2.75) is 89.9 Å². The summed E-state index contributed by atoms with van der Waals surface area (Å²) in [6.07, 6.45) is 7.03. The highest BCUT2D eigenvalue weighted by Gasteiger charge is 2.44. The Morgan fingerprint density at radius 3 is 1.90 bits per heavy atom. The number of nitrogens with two attached hydrogens (primary N) is 2. The molecule has 0 radical (unpaired) electrons. The second-order valence-electron chi connectivity index (χ2n) is 14.4. The first kappa shape index (κ1) is 39.2. The molecule has 1 saturated heterocycles. The molecule has 0 aliphatic carbocycles. The van der Waals surface area contributed by atoms with Crippen molar-refractivity contribution in [3.63, 3.8) is 0 Å². The molecule has 4 rings (SSSR count). The van der Waals surface area contributed by atoms with Crippen LogP contribution in [0.5, 0.6) is 0 Å². The van der Waals surface area contributed by atoms with Crippen LogP contribution in [0.3, 0.4) is 0 Å².